The van der Waals surface area contributed by atoms with Crippen LogP contribution in [-0.2, 0) is 19.1 Å². The lowest BCUT2D eigenvalue weighted by Gasteiger charge is -2.36. The number of thioether (sulfide) groups is 1. The van der Waals surface area contributed by atoms with Gasteiger partial charge in [0.05, 0.1) is 23.2 Å². The van der Waals surface area contributed by atoms with Gasteiger partial charge in [-0.15, -0.1) is 11.8 Å². The van der Waals surface area contributed by atoms with Crippen LogP contribution in [0.4, 0.5) is 0 Å². The summed E-state index contributed by atoms with van der Waals surface area (Å²) in [6.07, 6.45) is 13.1. The highest BCUT2D eigenvalue weighted by atomic mass is 32.2. The predicted octanol–water partition coefficient (Wildman–Crippen LogP) is 2.54. The molecule has 0 aromatic carbocycles. The van der Waals surface area contributed by atoms with E-state index in [-0.39, 0.29) is 35.7 Å². The Morgan fingerprint density at radius 2 is 1.97 bits per heavy atom. The van der Waals surface area contributed by atoms with E-state index >= 15 is 0 Å². The number of amides is 2. The molecule has 2 fully saturated rings. The topological polar surface area (TPSA) is 87.2 Å². The maximum Gasteiger partial charge on any atom is 0.311 e. The molecule has 5 atom stereocenters. The second kappa shape index (κ2) is 10.2. The van der Waals surface area contributed by atoms with Crippen molar-refractivity contribution in [1.82, 2.24) is 9.80 Å². The monoisotopic (exact) mass is 476 g/mol. The van der Waals surface area contributed by atoms with E-state index in [4.69, 9.17) is 9.84 Å². The molecule has 182 valence electrons. The molecule has 0 radical (unpaired) electrons. The Hall–Kier alpha value is -1.80. The molecule has 8 heteroatoms. The number of hydrogen-bond donors (Lipinski definition) is 1. The summed E-state index contributed by atoms with van der Waals surface area (Å²) < 4.78 is 4.85. The third-order valence-corrected chi connectivity index (χ3v) is 9.06. The number of ether oxygens (including phenoxy) is 1. The van der Waals surface area contributed by atoms with E-state index in [1.54, 1.807) is 16.7 Å². The lowest BCUT2D eigenvalue weighted by Crippen LogP contribution is -2.54. The Bertz CT molecular complexity index is 828. The summed E-state index contributed by atoms with van der Waals surface area (Å²) in [5.74, 6) is -1.68. The number of carbonyl (C=O) groups is 3. The van der Waals surface area contributed by atoms with Crippen molar-refractivity contribution in [3.05, 3.63) is 24.3 Å². The molecular weight excluding hydrogens is 440 g/mol. The van der Waals surface area contributed by atoms with Crippen LogP contribution in [-0.4, -0.2) is 81.1 Å². The number of aliphatic hydroxyl groups is 1. The van der Waals surface area contributed by atoms with E-state index in [0.717, 1.165) is 25.7 Å². The lowest BCUT2D eigenvalue weighted by molar-refractivity contribution is -0.153. The molecule has 0 saturated carbocycles. The first-order chi connectivity index (χ1) is 15.9. The first kappa shape index (κ1) is 24.3. The Balaban J connectivity index is 1.75. The van der Waals surface area contributed by atoms with E-state index in [0.29, 0.717) is 32.5 Å². The molecule has 1 unspecified atom stereocenters. The average Bonchev–Trinajstić information content (AvgIpc) is 3.16. The molecule has 2 amide bonds. The van der Waals surface area contributed by atoms with Crippen LogP contribution in [0.15, 0.2) is 24.3 Å². The minimum absolute atomic E-state index is 0.0136. The zero-order valence-corrected chi connectivity index (χ0v) is 20.5. The van der Waals surface area contributed by atoms with Crippen molar-refractivity contribution in [3.63, 3.8) is 0 Å². The maximum atomic E-state index is 13.9. The van der Waals surface area contributed by atoms with Gasteiger partial charge in [-0.2, -0.15) is 0 Å². The fourth-order valence-electron chi connectivity index (χ4n) is 5.71. The zero-order chi connectivity index (χ0) is 23.6. The normalized spacial score (nSPS) is 35.2. The molecule has 1 N–H and O–H groups in total. The van der Waals surface area contributed by atoms with Crippen LogP contribution in [0.1, 0.15) is 52.4 Å². The van der Waals surface area contributed by atoms with Gasteiger partial charge >= 0.3 is 5.97 Å². The number of aliphatic hydroxyl groups excluding tert-OH is 1. The van der Waals surface area contributed by atoms with Crippen LogP contribution in [0.2, 0.25) is 0 Å². The van der Waals surface area contributed by atoms with Crippen molar-refractivity contribution in [3.8, 4) is 0 Å². The molecule has 0 bridgehead atoms. The van der Waals surface area contributed by atoms with Crippen LogP contribution in [0.25, 0.3) is 0 Å². The quantitative estimate of drug-likeness (QED) is 0.360. The average molecular weight is 477 g/mol. The first-order valence-electron chi connectivity index (χ1n) is 12.3. The number of nitrogens with zero attached hydrogens (tertiary/aromatic N) is 2. The van der Waals surface area contributed by atoms with Crippen LogP contribution >= 0.6 is 11.8 Å². The molecule has 4 rings (SSSR count). The number of esters is 1. The maximum absolute atomic E-state index is 13.9. The molecular formula is C25H36N2O5S. The fourth-order valence-corrected chi connectivity index (χ4v) is 7.71. The van der Waals surface area contributed by atoms with Crippen molar-refractivity contribution in [1.29, 1.82) is 0 Å². The smallest absolute Gasteiger partial charge is 0.311 e. The first-order valence-corrected chi connectivity index (χ1v) is 13.2. The summed E-state index contributed by atoms with van der Waals surface area (Å²) >= 11 is 1.60. The largest absolute Gasteiger partial charge is 0.465 e. The van der Waals surface area contributed by atoms with Crippen LogP contribution in [0.3, 0.4) is 0 Å². The van der Waals surface area contributed by atoms with Crippen LogP contribution in [0, 0.1) is 11.8 Å². The van der Waals surface area contributed by atoms with Crippen LogP contribution in [0.5, 0.6) is 0 Å². The highest BCUT2D eigenvalue weighted by Gasteiger charge is 2.70. The summed E-state index contributed by atoms with van der Waals surface area (Å²) in [5.41, 5.74) is 0. The Labute approximate surface area is 200 Å². The molecule has 0 aromatic rings. The van der Waals surface area contributed by atoms with E-state index in [1.165, 1.54) is 0 Å². The molecule has 33 heavy (non-hydrogen) atoms. The molecule has 7 nitrogen and oxygen atoms in total. The zero-order valence-electron chi connectivity index (χ0n) is 19.7. The number of carbonyl (C=O) groups excluding carboxylic acids is 3. The molecule has 1 spiro atoms. The second-order valence-electron chi connectivity index (χ2n) is 9.74. The van der Waals surface area contributed by atoms with Gasteiger partial charge < -0.3 is 19.6 Å². The minimum atomic E-state index is -0.776. The molecule has 0 aliphatic carbocycles. The molecule has 2 saturated heterocycles. The van der Waals surface area contributed by atoms with E-state index in [2.05, 4.69) is 12.2 Å². The van der Waals surface area contributed by atoms with Gasteiger partial charge in [-0.1, -0.05) is 24.3 Å². The number of cyclic esters (lactones) is 1. The number of unbranched alkanes of at least 4 members (excludes halogenated alkanes) is 2. The van der Waals surface area contributed by atoms with Crippen molar-refractivity contribution in [2.75, 3.05) is 26.3 Å². The van der Waals surface area contributed by atoms with Gasteiger partial charge in [-0.05, 0) is 52.4 Å². The van der Waals surface area contributed by atoms with Crippen molar-refractivity contribution >= 4 is 29.5 Å². The summed E-state index contributed by atoms with van der Waals surface area (Å²) in [5, 5.41) is 8.95. The number of likely N-dealkylation sites (tertiary alicyclic amines) is 1. The van der Waals surface area contributed by atoms with Gasteiger partial charge in [0.15, 0.2) is 0 Å². The van der Waals surface area contributed by atoms with Gasteiger partial charge in [0.25, 0.3) is 0 Å². The summed E-state index contributed by atoms with van der Waals surface area (Å²) in [4.78, 5) is 44.6. The Morgan fingerprint density at radius 3 is 2.73 bits per heavy atom. The molecule has 4 aliphatic heterocycles. The van der Waals surface area contributed by atoms with E-state index in [9.17, 15) is 14.4 Å². The molecule has 0 aromatic heterocycles. The van der Waals surface area contributed by atoms with Gasteiger partial charge in [0.2, 0.25) is 11.8 Å². The third-order valence-electron chi connectivity index (χ3n) is 7.31. The number of rotatable bonds is 6. The van der Waals surface area contributed by atoms with E-state index < -0.39 is 22.6 Å². The lowest BCUT2D eigenvalue weighted by atomic mass is 9.78. The van der Waals surface area contributed by atoms with Crippen molar-refractivity contribution < 1.29 is 24.2 Å². The number of hydrogen-bond acceptors (Lipinski definition) is 6. The summed E-state index contributed by atoms with van der Waals surface area (Å²) in [6, 6.07) is -0.617. The van der Waals surface area contributed by atoms with Gasteiger partial charge in [-0.25, -0.2) is 0 Å². The summed E-state index contributed by atoms with van der Waals surface area (Å²) in [6.45, 7) is 5.43. The SMILES string of the molecule is CC(C)N1CC=C[C@]23S[C@@H]4/C=C\CCCCOC(=O)[C@@H]4[C@H]2C(=O)N(CCCCCO)C3C1=O. The number of allylic oxidation sites excluding steroid dienone is 1. The predicted molar refractivity (Wildman–Crippen MR) is 127 cm³/mol. The Kier molecular flexibility index (Phi) is 7.53. The minimum Gasteiger partial charge on any atom is -0.465 e. The van der Waals surface area contributed by atoms with Crippen LogP contribution < -0.4 is 0 Å². The second-order valence-corrected chi connectivity index (χ2v) is 11.2. The van der Waals surface area contributed by atoms with Gasteiger partial charge in [-0.3, -0.25) is 14.4 Å². The standard InChI is InChI=1S/C25H36N2O5S/c1-17(2)26-14-10-12-25-20(19-18(33-25)11-6-3-4-9-16-32-24(19)31)22(29)27(21(25)23(26)30)13-7-5-8-15-28/h6,10-12,17-21,28H,3-5,7-9,13-16H2,1-2H3/b11-6-/t18-,19+,20+,21?,25+/m1/s1. The Morgan fingerprint density at radius 1 is 1.15 bits per heavy atom. The number of fused-ring (bicyclic) bond motifs is 2. The van der Waals surface area contributed by atoms with Crippen molar-refractivity contribution in [2.45, 2.75) is 74.5 Å². The third kappa shape index (κ3) is 4.36. The molecule has 4 aliphatic rings. The van der Waals surface area contributed by atoms with Gasteiger partial charge in [0.1, 0.15) is 6.04 Å². The highest BCUT2D eigenvalue weighted by Crippen LogP contribution is 2.60. The summed E-state index contributed by atoms with van der Waals surface area (Å²) in [7, 11) is 0. The van der Waals surface area contributed by atoms with Gasteiger partial charge in [0, 0.05) is 31.0 Å². The molecule has 4 heterocycles. The highest BCUT2D eigenvalue weighted by molar-refractivity contribution is 8.02. The van der Waals surface area contributed by atoms with Crippen molar-refractivity contribution in [2.24, 2.45) is 11.8 Å². The fraction of sp³-hybridized carbons (Fsp3) is 0.720. The van der Waals surface area contributed by atoms with E-state index in [1.807, 2.05) is 30.9 Å².